The molecule has 1 unspecified atom stereocenters. The Labute approximate surface area is 93.4 Å². The van der Waals surface area contributed by atoms with E-state index >= 15 is 0 Å². The van der Waals surface area contributed by atoms with Gasteiger partial charge < -0.3 is 5.32 Å². The average molecular weight is 234 g/mol. The van der Waals surface area contributed by atoms with Crippen molar-refractivity contribution in [2.75, 3.05) is 5.88 Å². The summed E-state index contributed by atoms with van der Waals surface area (Å²) >= 11 is 5.68. The van der Waals surface area contributed by atoms with Crippen LogP contribution >= 0.6 is 11.6 Å². The molecule has 0 spiro atoms. The van der Waals surface area contributed by atoms with Gasteiger partial charge >= 0.3 is 0 Å². The van der Waals surface area contributed by atoms with Gasteiger partial charge in [-0.25, -0.2) is 8.78 Å². The second-order valence-electron chi connectivity index (χ2n) is 3.38. The van der Waals surface area contributed by atoms with Crippen molar-refractivity contribution in [2.24, 2.45) is 0 Å². The third-order valence-corrected chi connectivity index (χ3v) is 2.65. The van der Waals surface area contributed by atoms with Gasteiger partial charge in [0.05, 0.1) is 0 Å². The largest absolute Gasteiger partial charge is 0.309 e. The van der Waals surface area contributed by atoms with Crippen LogP contribution in [0.15, 0.2) is 18.2 Å². The predicted molar refractivity (Wildman–Crippen MR) is 58.0 cm³/mol. The lowest BCUT2D eigenvalue weighted by molar-refractivity contribution is 0.515. The molecule has 1 aromatic carbocycles. The van der Waals surface area contributed by atoms with Crippen LogP contribution in [0.4, 0.5) is 8.78 Å². The van der Waals surface area contributed by atoms with Crippen molar-refractivity contribution in [3.05, 3.63) is 35.4 Å². The molecule has 1 N–H and O–H groups in total. The first-order valence-electron chi connectivity index (χ1n) is 4.90. The van der Waals surface area contributed by atoms with E-state index in [0.717, 1.165) is 12.5 Å². The van der Waals surface area contributed by atoms with Gasteiger partial charge in [0.2, 0.25) is 0 Å². The van der Waals surface area contributed by atoms with E-state index in [1.807, 2.05) is 6.92 Å². The van der Waals surface area contributed by atoms with Crippen LogP contribution in [0.1, 0.15) is 18.9 Å². The second kappa shape index (κ2) is 6.03. The molecule has 1 atom stereocenters. The highest BCUT2D eigenvalue weighted by atomic mass is 35.5. The maximum Gasteiger partial charge on any atom is 0.130 e. The molecule has 0 aliphatic carbocycles. The van der Waals surface area contributed by atoms with Gasteiger partial charge in [0.25, 0.3) is 0 Å². The minimum Gasteiger partial charge on any atom is -0.309 e. The van der Waals surface area contributed by atoms with E-state index in [0.29, 0.717) is 18.0 Å². The maximum atomic E-state index is 13.2. The minimum atomic E-state index is -0.555. The summed E-state index contributed by atoms with van der Waals surface area (Å²) in [5, 5.41) is 3.10. The van der Waals surface area contributed by atoms with Crippen molar-refractivity contribution in [2.45, 2.75) is 25.9 Å². The molecule has 0 heterocycles. The number of nitrogens with one attached hydrogen (secondary N) is 1. The highest BCUT2D eigenvalue weighted by molar-refractivity contribution is 6.18. The van der Waals surface area contributed by atoms with Crippen LogP contribution in [0.3, 0.4) is 0 Å². The quantitative estimate of drug-likeness (QED) is 0.771. The molecule has 1 nitrogen and oxygen atoms in total. The molecule has 0 amide bonds. The fraction of sp³-hybridized carbons (Fsp3) is 0.455. The molecule has 0 radical (unpaired) electrons. The molecule has 0 bridgehead atoms. The van der Waals surface area contributed by atoms with Crippen molar-refractivity contribution in [1.29, 1.82) is 0 Å². The van der Waals surface area contributed by atoms with Gasteiger partial charge in [-0.1, -0.05) is 13.0 Å². The summed E-state index contributed by atoms with van der Waals surface area (Å²) in [5.41, 5.74) is 0.458. The van der Waals surface area contributed by atoms with Gasteiger partial charge in [-0.15, -0.1) is 11.6 Å². The van der Waals surface area contributed by atoms with Crippen molar-refractivity contribution in [1.82, 2.24) is 5.32 Å². The van der Waals surface area contributed by atoms with E-state index in [9.17, 15) is 8.78 Å². The normalized spacial score (nSPS) is 12.8. The number of hydrogen-bond acceptors (Lipinski definition) is 1. The van der Waals surface area contributed by atoms with Crippen LogP contribution < -0.4 is 5.32 Å². The predicted octanol–water partition coefficient (Wildman–Crippen LogP) is 3.07. The summed E-state index contributed by atoms with van der Waals surface area (Å²) in [6.45, 7) is 2.37. The Morgan fingerprint density at radius 2 is 2.13 bits per heavy atom. The van der Waals surface area contributed by atoms with Crippen LogP contribution in [0.2, 0.25) is 0 Å². The Morgan fingerprint density at radius 3 is 2.67 bits per heavy atom. The van der Waals surface area contributed by atoms with Gasteiger partial charge in [0.1, 0.15) is 11.6 Å². The number of alkyl halides is 1. The Kier molecular flexibility index (Phi) is 4.99. The fourth-order valence-corrected chi connectivity index (χ4v) is 1.55. The van der Waals surface area contributed by atoms with Crippen LogP contribution in [-0.2, 0) is 6.54 Å². The molecule has 0 fully saturated rings. The fourth-order valence-electron chi connectivity index (χ4n) is 1.23. The molecule has 0 aliphatic heterocycles. The lowest BCUT2D eigenvalue weighted by atomic mass is 10.2. The van der Waals surface area contributed by atoms with Crippen molar-refractivity contribution < 1.29 is 8.78 Å². The van der Waals surface area contributed by atoms with E-state index in [1.165, 1.54) is 12.1 Å². The van der Waals surface area contributed by atoms with Gasteiger partial charge in [-0.05, 0) is 12.5 Å². The summed E-state index contributed by atoms with van der Waals surface area (Å²) in [6, 6.07) is 3.75. The van der Waals surface area contributed by atoms with Gasteiger partial charge in [0.15, 0.2) is 0 Å². The highest BCUT2D eigenvalue weighted by Gasteiger charge is 2.07. The monoisotopic (exact) mass is 233 g/mol. The molecule has 84 valence electrons. The molecule has 0 saturated carbocycles. The SMILES string of the molecule is CCC(CCl)NCc1ccc(F)cc1F. The molecule has 15 heavy (non-hydrogen) atoms. The van der Waals surface area contributed by atoms with Crippen LogP contribution in [0.25, 0.3) is 0 Å². The van der Waals surface area contributed by atoms with Crippen LogP contribution in [0, 0.1) is 11.6 Å². The van der Waals surface area contributed by atoms with E-state index in [2.05, 4.69) is 5.32 Å². The molecular formula is C11H14ClF2N. The lowest BCUT2D eigenvalue weighted by Gasteiger charge is -2.13. The van der Waals surface area contributed by atoms with E-state index in [1.54, 1.807) is 0 Å². The molecule has 1 rings (SSSR count). The Bertz CT molecular complexity index is 313. The minimum absolute atomic E-state index is 0.163. The third kappa shape index (κ3) is 3.76. The first-order valence-corrected chi connectivity index (χ1v) is 5.44. The summed E-state index contributed by atoms with van der Waals surface area (Å²) in [5.74, 6) is -0.591. The number of hydrogen-bond donors (Lipinski definition) is 1. The molecule has 4 heteroatoms. The Balaban J connectivity index is 2.57. The average Bonchev–Trinajstić information content (AvgIpc) is 2.22. The van der Waals surface area contributed by atoms with Crippen LogP contribution in [0.5, 0.6) is 0 Å². The number of benzene rings is 1. The van der Waals surface area contributed by atoms with E-state index < -0.39 is 11.6 Å². The number of halogens is 3. The molecular weight excluding hydrogens is 220 g/mol. The standard InChI is InChI=1S/C11H14ClF2N/c1-2-10(6-12)15-7-8-3-4-9(13)5-11(8)14/h3-5,10,15H,2,6-7H2,1H3. The first kappa shape index (κ1) is 12.4. The third-order valence-electron chi connectivity index (χ3n) is 2.28. The van der Waals surface area contributed by atoms with Crippen LogP contribution in [-0.4, -0.2) is 11.9 Å². The van der Waals surface area contributed by atoms with E-state index in [4.69, 9.17) is 11.6 Å². The molecule has 0 aliphatic rings. The number of rotatable bonds is 5. The smallest absolute Gasteiger partial charge is 0.130 e. The zero-order valence-corrected chi connectivity index (χ0v) is 9.32. The van der Waals surface area contributed by atoms with Crippen molar-refractivity contribution in [3.8, 4) is 0 Å². The molecule has 0 saturated heterocycles. The summed E-state index contributed by atoms with van der Waals surface area (Å²) in [6.07, 6.45) is 0.881. The topological polar surface area (TPSA) is 12.0 Å². The van der Waals surface area contributed by atoms with Gasteiger partial charge in [-0.2, -0.15) is 0 Å². The Morgan fingerprint density at radius 1 is 1.40 bits per heavy atom. The van der Waals surface area contributed by atoms with Crippen molar-refractivity contribution in [3.63, 3.8) is 0 Å². The van der Waals surface area contributed by atoms with Gasteiger partial charge in [-0.3, -0.25) is 0 Å². The van der Waals surface area contributed by atoms with E-state index in [-0.39, 0.29) is 6.04 Å². The second-order valence-corrected chi connectivity index (χ2v) is 3.68. The van der Waals surface area contributed by atoms with Gasteiger partial charge in [0, 0.05) is 30.1 Å². The summed E-state index contributed by atoms with van der Waals surface area (Å²) < 4.78 is 25.8. The maximum absolute atomic E-state index is 13.2. The zero-order valence-electron chi connectivity index (χ0n) is 8.56. The Hall–Kier alpha value is -0.670. The molecule has 1 aromatic rings. The van der Waals surface area contributed by atoms with Crippen molar-refractivity contribution >= 4 is 11.6 Å². The zero-order chi connectivity index (χ0) is 11.3. The summed E-state index contributed by atoms with van der Waals surface area (Å²) in [4.78, 5) is 0. The molecule has 0 aromatic heterocycles. The highest BCUT2D eigenvalue weighted by Crippen LogP contribution is 2.09. The first-order chi connectivity index (χ1) is 7.17. The lowest BCUT2D eigenvalue weighted by Crippen LogP contribution is -2.29. The summed E-state index contributed by atoms with van der Waals surface area (Å²) in [7, 11) is 0.